The Morgan fingerprint density at radius 3 is 2.75 bits per heavy atom. The van der Waals surface area contributed by atoms with Gasteiger partial charge < -0.3 is 5.11 Å². The zero-order chi connectivity index (χ0) is 14.7. The monoisotopic (exact) mass is 312 g/mol. The molecular weight excluding hydrogens is 296 g/mol. The van der Waals surface area contributed by atoms with Crippen molar-refractivity contribution in [1.82, 2.24) is 19.7 Å². The minimum Gasteiger partial charge on any atom is -0.481 e. The zero-order valence-electron chi connectivity index (χ0n) is 11.5. The SMILES string of the molecule is CC(C)c1nnc(SCC(=O)O)n1C(C)c1nccs1. The van der Waals surface area contributed by atoms with Gasteiger partial charge >= 0.3 is 5.97 Å². The van der Waals surface area contributed by atoms with E-state index in [1.807, 2.05) is 30.7 Å². The summed E-state index contributed by atoms with van der Waals surface area (Å²) in [6, 6.07) is -0.00121. The van der Waals surface area contributed by atoms with Gasteiger partial charge in [-0.1, -0.05) is 25.6 Å². The van der Waals surface area contributed by atoms with Crippen molar-refractivity contribution in [3.05, 3.63) is 22.4 Å². The number of nitrogens with zero attached hydrogens (tertiary/aromatic N) is 4. The van der Waals surface area contributed by atoms with Crippen LogP contribution in [0.5, 0.6) is 0 Å². The topological polar surface area (TPSA) is 80.9 Å². The molecule has 2 rings (SSSR count). The van der Waals surface area contributed by atoms with E-state index < -0.39 is 5.97 Å². The average molecular weight is 312 g/mol. The maximum Gasteiger partial charge on any atom is 0.313 e. The molecule has 20 heavy (non-hydrogen) atoms. The van der Waals surface area contributed by atoms with E-state index in [0.717, 1.165) is 10.8 Å². The highest BCUT2D eigenvalue weighted by Crippen LogP contribution is 2.29. The first kappa shape index (κ1) is 15.0. The molecule has 1 atom stereocenters. The molecule has 2 aromatic heterocycles. The molecule has 0 aliphatic heterocycles. The fraction of sp³-hybridized carbons (Fsp3) is 0.500. The van der Waals surface area contributed by atoms with E-state index in [-0.39, 0.29) is 17.7 Å². The molecule has 0 aliphatic rings. The molecule has 6 nitrogen and oxygen atoms in total. The molecule has 1 unspecified atom stereocenters. The van der Waals surface area contributed by atoms with Gasteiger partial charge in [-0.15, -0.1) is 21.5 Å². The maximum absolute atomic E-state index is 10.7. The minimum atomic E-state index is -0.863. The molecule has 1 N–H and O–H groups in total. The second kappa shape index (κ2) is 6.36. The number of thiazole rings is 1. The van der Waals surface area contributed by atoms with Crippen LogP contribution in [0.2, 0.25) is 0 Å². The number of carbonyl (C=O) groups is 1. The van der Waals surface area contributed by atoms with Crippen LogP contribution >= 0.6 is 23.1 Å². The molecule has 8 heteroatoms. The number of rotatable bonds is 6. The number of aliphatic carboxylic acids is 1. The van der Waals surface area contributed by atoms with Gasteiger partial charge in [-0.2, -0.15) is 0 Å². The largest absolute Gasteiger partial charge is 0.481 e. The van der Waals surface area contributed by atoms with Gasteiger partial charge in [0.2, 0.25) is 0 Å². The van der Waals surface area contributed by atoms with Crippen LogP contribution < -0.4 is 0 Å². The van der Waals surface area contributed by atoms with Crippen LogP contribution in [0.15, 0.2) is 16.7 Å². The number of hydrogen-bond donors (Lipinski definition) is 1. The van der Waals surface area contributed by atoms with Gasteiger partial charge in [-0.25, -0.2) is 4.98 Å². The van der Waals surface area contributed by atoms with Crippen LogP contribution in [0.25, 0.3) is 0 Å². The molecule has 0 fully saturated rings. The van der Waals surface area contributed by atoms with Crippen LogP contribution in [0.4, 0.5) is 0 Å². The molecular formula is C12H16N4O2S2. The van der Waals surface area contributed by atoms with Crippen molar-refractivity contribution in [2.24, 2.45) is 0 Å². The summed E-state index contributed by atoms with van der Waals surface area (Å²) in [5, 5.41) is 20.7. The lowest BCUT2D eigenvalue weighted by atomic mass is 10.2. The molecule has 2 heterocycles. The van der Waals surface area contributed by atoms with Crippen LogP contribution in [0, 0.1) is 0 Å². The number of carboxylic acids is 1. The maximum atomic E-state index is 10.7. The first-order valence-corrected chi connectivity index (χ1v) is 8.06. The van der Waals surface area contributed by atoms with Crippen molar-refractivity contribution in [3.63, 3.8) is 0 Å². The molecule has 0 spiro atoms. The van der Waals surface area contributed by atoms with Crippen molar-refractivity contribution >= 4 is 29.1 Å². The second-order valence-corrected chi connectivity index (χ2v) is 6.46. The van der Waals surface area contributed by atoms with Crippen LogP contribution in [-0.2, 0) is 4.79 Å². The van der Waals surface area contributed by atoms with E-state index in [4.69, 9.17) is 5.11 Å². The minimum absolute atomic E-state index is 0.00121. The molecule has 0 saturated heterocycles. The third-order valence-corrected chi connectivity index (χ3v) is 4.60. The van der Waals surface area contributed by atoms with E-state index in [0.29, 0.717) is 5.16 Å². The smallest absolute Gasteiger partial charge is 0.313 e. The predicted molar refractivity (Wildman–Crippen MR) is 78.4 cm³/mol. The zero-order valence-corrected chi connectivity index (χ0v) is 13.1. The van der Waals surface area contributed by atoms with E-state index in [2.05, 4.69) is 15.2 Å². The highest BCUT2D eigenvalue weighted by molar-refractivity contribution is 7.99. The highest BCUT2D eigenvalue weighted by atomic mass is 32.2. The number of aromatic nitrogens is 4. The van der Waals surface area contributed by atoms with Gasteiger partial charge in [-0.05, 0) is 6.92 Å². The quantitative estimate of drug-likeness (QED) is 0.826. The van der Waals surface area contributed by atoms with E-state index in [1.165, 1.54) is 11.8 Å². The van der Waals surface area contributed by atoms with Gasteiger partial charge in [0, 0.05) is 17.5 Å². The lowest BCUT2D eigenvalue weighted by Crippen LogP contribution is -2.13. The summed E-state index contributed by atoms with van der Waals surface area (Å²) in [6.07, 6.45) is 1.76. The summed E-state index contributed by atoms with van der Waals surface area (Å²) < 4.78 is 1.98. The molecule has 108 valence electrons. The van der Waals surface area contributed by atoms with Crippen molar-refractivity contribution in [2.45, 2.75) is 37.9 Å². The summed E-state index contributed by atoms with van der Waals surface area (Å²) in [4.78, 5) is 15.1. The number of hydrogen-bond acceptors (Lipinski definition) is 6. The number of thioether (sulfide) groups is 1. The van der Waals surface area contributed by atoms with Crippen LogP contribution in [-0.4, -0.2) is 36.6 Å². The van der Waals surface area contributed by atoms with E-state index in [9.17, 15) is 4.79 Å². The Morgan fingerprint density at radius 1 is 1.45 bits per heavy atom. The summed E-state index contributed by atoms with van der Waals surface area (Å²) in [6.45, 7) is 6.11. The standard InChI is InChI=1S/C12H16N4O2S2/c1-7(2)10-14-15-12(20-6-9(17)18)16(10)8(3)11-13-4-5-19-11/h4-5,7-8H,6H2,1-3H3,(H,17,18). The fourth-order valence-electron chi connectivity index (χ4n) is 1.82. The Morgan fingerprint density at radius 2 is 2.20 bits per heavy atom. The normalized spacial score (nSPS) is 12.8. The van der Waals surface area contributed by atoms with Crippen molar-refractivity contribution in [3.8, 4) is 0 Å². The Bertz CT molecular complexity index is 580. The Balaban J connectivity index is 2.36. The van der Waals surface area contributed by atoms with Gasteiger partial charge in [-0.3, -0.25) is 9.36 Å². The average Bonchev–Trinajstić information content (AvgIpc) is 3.04. The second-order valence-electron chi connectivity index (χ2n) is 4.59. The molecule has 2 aromatic rings. The third kappa shape index (κ3) is 3.18. The highest BCUT2D eigenvalue weighted by Gasteiger charge is 2.22. The fourth-order valence-corrected chi connectivity index (χ4v) is 3.25. The summed E-state index contributed by atoms with van der Waals surface area (Å²) in [7, 11) is 0. The van der Waals surface area contributed by atoms with Crippen molar-refractivity contribution in [1.29, 1.82) is 0 Å². The Kier molecular flexibility index (Phi) is 4.77. The van der Waals surface area contributed by atoms with Gasteiger partial charge in [0.25, 0.3) is 0 Å². The Labute approximate surface area is 125 Å². The first-order valence-electron chi connectivity index (χ1n) is 6.19. The van der Waals surface area contributed by atoms with Gasteiger partial charge in [0.05, 0.1) is 11.8 Å². The predicted octanol–water partition coefficient (Wildman–Crippen LogP) is 2.64. The Hall–Kier alpha value is -1.41. The lowest BCUT2D eigenvalue weighted by molar-refractivity contribution is -0.133. The molecule has 0 saturated carbocycles. The van der Waals surface area contributed by atoms with Crippen LogP contribution in [0.1, 0.15) is 43.6 Å². The van der Waals surface area contributed by atoms with Crippen LogP contribution in [0.3, 0.4) is 0 Å². The lowest BCUT2D eigenvalue weighted by Gasteiger charge is -2.17. The molecule has 0 aliphatic carbocycles. The molecule has 0 amide bonds. The first-order chi connectivity index (χ1) is 9.50. The number of carboxylic acid groups (broad SMARTS) is 1. The van der Waals surface area contributed by atoms with E-state index >= 15 is 0 Å². The van der Waals surface area contributed by atoms with E-state index in [1.54, 1.807) is 17.5 Å². The van der Waals surface area contributed by atoms with Crippen molar-refractivity contribution in [2.75, 3.05) is 5.75 Å². The molecule has 0 aromatic carbocycles. The summed E-state index contributed by atoms with van der Waals surface area (Å²) in [5.74, 6) is 0.170. The van der Waals surface area contributed by atoms with Gasteiger partial charge in [0.15, 0.2) is 5.16 Å². The summed E-state index contributed by atoms with van der Waals surface area (Å²) in [5.41, 5.74) is 0. The van der Waals surface area contributed by atoms with Gasteiger partial charge in [0.1, 0.15) is 10.8 Å². The molecule has 0 bridgehead atoms. The molecule has 0 radical (unpaired) electrons. The summed E-state index contributed by atoms with van der Waals surface area (Å²) >= 11 is 2.76. The third-order valence-electron chi connectivity index (χ3n) is 2.73. The van der Waals surface area contributed by atoms with Crippen molar-refractivity contribution < 1.29 is 9.90 Å².